The number of aliphatic carboxylic acids is 1. The Morgan fingerprint density at radius 1 is 1.44 bits per heavy atom. The van der Waals surface area contributed by atoms with Gasteiger partial charge in [-0.3, -0.25) is 4.79 Å². The summed E-state index contributed by atoms with van der Waals surface area (Å²) in [6, 6.07) is 3.76. The topological polar surface area (TPSA) is 84.2 Å². The van der Waals surface area contributed by atoms with E-state index in [0.717, 1.165) is 17.7 Å². The monoisotopic (exact) mass is 371 g/mol. The van der Waals surface area contributed by atoms with Crippen LogP contribution in [0.3, 0.4) is 0 Å². The first-order chi connectivity index (χ1) is 12.9. The zero-order valence-corrected chi connectivity index (χ0v) is 15.2. The molecule has 1 unspecified atom stereocenters. The van der Waals surface area contributed by atoms with Crippen molar-refractivity contribution in [3.8, 4) is 5.69 Å². The third-order valence-electron chi connectivity index (χ3n) is 4.81. The summed E-state index contributed by atoms with van der Waals surface area (Å²) in [4.78, 5) is 24.1. The molecular weight excluding hydrogens is 349 g/mol. The molecule has 1 amide bonds. The number of amides is 1. The van der Waals surface area contributed by atoms with Gasteiger partial charge in [0.15, 0.2) is 5.69 Å². The molecule has 1 aromatic carbocycles. The van der Waals surface area contributed by atoms with Gasteiger partial charge in [0.05, 0.1) is 0 Å². The Bertz CT molecular complexity index is 884. The molecule has 0 radical (unpaired) electrons. The first-order valence-electron chi connectivity index (χ1n) is 8.94. The van der Waals surface area contributed by atoms with E-state index < -0.39 is 23.7 Å². The number of aryl methyl sites for hydroxylation is 1. The normalized spacial score (nSPS) is 13.9. The van der Waals surface area contributed by atoms with Crippen LogP contribution in [0.4, 0.5) is 4.39 Å². The number of fused-ring (bicyclic) bond motifs is 1. The molecule has 0 fully saturated rings. The van der Waals surface area contributed by atoms with E-state index in [1.807, 2.05) is 0 Å². The van der Waals surface area contributed by atoms with Crippen molar-refractivity contribution in [3.63, 3.8) is 0 Å². The Hall–Kier alpha value is -2.96. The number of nitrogens with one attached hydrogen (secondary N) is 1. The van der Waals surface area contributed by atoms with E-state index >= 15 is 0 Å². The molecule has 1 atom stereocenters. The molecular formula is C20H22FN3O3. The average Bonchev–Trinajstić information content (AvgIpc) is 3.21. The largest absolute Gasteiger partial charge is 0.480 e. The zero-order chi connectivity index (χ0) is 19.6. The van der Waals surface area contributed by atoms with E-state index in [9.17, 15) is 19.1 Å². The molecule has 6 nitrogen and oxygen atoms in total. The third-order valence-corrected chi connectivity index (χ3v) is 4.81. The molecule has 0 saturated heterocycles. The second kappa shape index (κ2) is 7.73. The van der Waals surface area contributed by atoms with Gasteiger partial charge in [0, 0.05) is 11.3 Å². The quantitative estimate of drug-likeness (QED) is 0.733. The number of hydrogen-bond acceptors (Lipinski definition) is 3. The molecule has 1 aliphatic rings. The van der Waals surface area contributed by atoms with Gasteiger partial charge in [-0.2, -0.15) is 5.10 Å². The van der Waals surface area contributed by atoms with Gasteiger partial charge < -0.3 is 10.4 Å². The summed E-state index contributed by atoms with van der Waals surface area (Å²) >= 11 is 0. The summed E-state index contributed by atoms with van der Waals surface area (Å²) in [6.45, 7) is 5.36. The van der Waals surface area contributed by atoms with E-state index in [4.69, 9.17) is 0 Å². The van der Waals surface area contributed by atoms with Crippen LogP contribution in [0.25, 0.3) is 5.69 Å². The van der Waals surface area contributed by atoms with Crippen molar-refractivity contribution in [2.45, 2.75) is 45.1 Å². The van der Waals surface area contributed by atoms with Crippen molar-refractivity contribution in [2.24, 2.45) is 0 Å². The Labute approximate surface area is 156 Å². The van der Waals surface area contributed by atoms with E-state index in [2.05, 4.69) is 17.0 Å². The predicted molar refractivity (Wildman–Crippen MR) is 98.6 cm³/mol. The Morgan fingerprint density at radius 3 is 2.89 bits per heavy atom. The first-order valence-corrected chi connectivity index (χ1v) is 8.94. The maximum absolute atomic E-state index is 14.4. The van der Waals surface area contributed by atoms with Crippen LogP contribution >= 0.6 is 0 Å². The number of rotatable bonds is 7. The van der Waals surface area contributed by atoms with E-state index in [0.29, 0.717) is 30.5 Å². The molecule has 2 N–H and O–H groups in total. The van der Waals surface area contributed by atoms with Crippen LogP contribution in [-0.4, -0.2) is 32.8 Å². The first kappa shape index (κ1) is 18.8. The standard InChI is InChI=1S/C20H22FN3O3/c1-3-4-10-15(20(26)27)22-19(25)17-13-8-6-11-16(13)24(23-17)18-12(2)7-5-9-14(18)21/h3,5,7,9,15H,1,4,6,8,10-11H2,2H3,(H,22,25)(H,26,27). The van der Waals surface area contributed by atoms with E-state index in [1.165, 1.54) is 10.7 Å². The molecule has 7 heteroatoms. The summed E-state index contributed by atoms with van der Waals surface area (Å²) in [5, 5.41) is 16.2. The highest BCUT2D eigenvalue weighted by Gasteiger charge is 2.30. The Morgan fingerprint density at radius 2 is 2.22 bits per heavy atom. The number of nitrogens with zero attached hydrogens (tertiary/aromatic N) is 2. The second-order valence-electron chi connectivity index (χ2n) is 6.67. The smallest absolute Gasteiger partial charge is 0.326 e. The number of aromatic nitrogens is 2. The lowest BCUT2D eigenvalue weighted by Crippen LogP contribution is -2.41. The number of carbonyl (C=O) groups is 2. The van der Waals surface area contributed by atoms with Crippen LogP contribution < -0.4 is 5.32 Å². The minimum atomic E-state index is -1.11. The number of carbonyl (C=O) groups excluding carboxylic acids is 1. The molecule has 0 aliphatic heterocycles. The average molecular weight is 371 g/mol. The van der Waals surface area contributed by atoms with Crippen molar-refractivity contribution in [1.82, 2.24) is 15.1 Å². The lowest BCUT2D eigenvalue weighted by Gasteiger charge is -2.13. The minimum Gasteiger partial charge on any atom is -0.480 e. The summed E-state index contributed by atoms with van der Waals surface area (Å²) in [5.74, 6) is -2.06. The highest BCUT2D eigenvalue weighted by Crippen LogP contribution is 2.30. The number of carboxylic acid groups (broad SMARTS) is 1. The maximum atomic E-state index is 14.4. The Kier molecular flexibility index (Phi) is 5.39. The summed E-state index contributed by atoms with van der Waals surface area (Å²) < 4.78 is 15.9. The fraction of sp³-hybridized carbons (Fsp3) is 0.350. The highest BCUT2D eigenvalue weighted by atomic mass is 19.1. The molecule has 27 heavy (non-hydrogen) atoms. The van der Waals surface area contributed by atoms with Crippen LogP contribution in [0.2, 0.25) is 0 Å². The SMILES string of the molecule is C=CCCC(NC(=O)c1nn(-c2c(C)cccc2F)c2c1CCC2)C(=O)O. The molecule has 3 rings (SSSR count). The maximum Gasteiger partial charge on any atom is 0.326 e. The highest BCUT2D eigenvalue weighted by molar-refractivity contribution is 5.96. The number of benzene rings is 1. The molecule has 1 aliphatic carbocycles. The summed E-state index contributed by atoms with van der Waals surface area (Å²) in [5.41, 5.74) is 2.80. The molecule has 0 saturated carbocycles. The van der Waals surface area contributed by atoms with Crippen LogP contribution in [0.15, 0.2) is 30.9 Å². The molecule has 1 heterocycles. The van der Waals surface area contributed by atoms with Gasteiger partial charge in [-0.05, 0) is 50.7 Å². The van der Waals surface area contributed by atoms with Gasteiger partial charge >= 0.3 is 5.97 Å². The second-order valence-corrected chi connectivity index (χ2v) is 6.67. The number of carboxylic acids is 1. The van der Waals surface area contributed by atoms with Crippen molar-refractivity contribution in [3.05, 3.63) is 59.2 Å². The fourth-order valence-corrected chi connectivity index (χ4v) is 3.46. The van der Waals surface area contributed by atoms with Crippen LogP contribution in [0.5, 0.6) is 0 Å². The van der Waals surface area contributed by atoms with Gasteiger partial charge in [0.25, 0.3) is 5.91 Å². The molecule has 2 aromatic rings. The van der Waals surface area contributed by atoms with Crippen LogP contribution in [0.1, 0.15) is 46.6 Å². The Balaban J connectivity index is 1.97. The van der Waals surface area contributed by atoms with Gasteiger partial charge in [-0.25, -0.2) is 13.9 Å². The van der Waals surface area contributed by atoms with Gasteiger partial charge in [-0.1, -0.05) is 18.2 Å². The molecule has 0 bridgehead atoms. The van der Waals surface area contributed by atoms with Gasteiger partial charge in [0.1, 0.15) is 17.5 Å². The van der Waals surface area contributed by atoms with Crippen molar-refractivity contribution >= 4 is 11.9 Å². The summed E-state index contributed by atoms with van der Waals surface area (Å²) in [6.07, 6.45) is 4.53. The number of hydrogen-bond donors (Lipinski definition) is 2. The van der Waals surface area contributed by atoms with Crippen LogP contribution in [0, 0.1) is 12.7 Å². The molecule has 1 aromatic heterocycles. The van der Waals surface area contributed by atoms with E-state index in [1.54, 1.807) is 25.1 Å². The number of halogens is 1. The molecule has 0 spiro atoms. The zero-order valence-electron chi connectivity index (χ0n) is 15.2. The van der Waals surface area contributed by atoms with E-state index in [-0.39, 0.29) is 12.1 Å². The van der Waals surface area contributed by atoms with Gasteiger partial charge in [-0.15, -0.1) is 6.58 Å². The third kappa shape index (κ3) is 3.63. The predicted octanol–water partition coefficient (Wildman–Crippen LogP) is 2.96. The number of allylic oxidation sites excluding steroid dienone is 1. The fourth-order valence-electron chi connectivity index (χ4n) is 3.46. The lowest BCUT2D eigenvalue weighted by molar-refractivity contribution is -0.139. The van der Waals surface area contributed by atoms with Crippen LogP contribution in [-0.2, 0) is 17.6 Å². The minimum absolute atomic E-state index is 0.176. The summed E-state index contributed by atoms with van der Waals surface area (Å²) in [7, 11) is 0. The molecule has 142 valence electrons. The number of para-hydroxylation sites is 1. The van der Waals surface area contributed by atoms with Crippen molar-refractivity contribution < 1.29 is 19.1 Å². The van der Waals surface area contributed by atoms with Crippen molar-refractivity contribution in [1.29, 1.82) is 0 Å². The van der Waals surface area contributed by atoms with Crippen molar-refractivity contribution in [2.75, 3.05) is 0 Å². The van der Waals surface area contributed by atoms with Gasteiger partial charge in [0.2, 0.25) is 0 Å². The lowest BCUT2D eigenvalue weighted by atomic mass is 10.1.